The van der Waals surface area contributed by atoms with E-state index in [0.29, 0.717) is 19.0 Å². The quantitative estimate of drug-likeness (QED) is 0.615. The standard InChI is InChI=1S/C22H26FN3OS/c1-15(2)12-25(13-16-7-9-17(23)10-8-16)14-18-11-21(27)26-19-5-3-4-6-20(19)28-22(26)24-18/h7-11,15H,3-6,12-14H2,1-2H3. The molecule has 28 heavy (non-hydrogen) atoms. The Morgan fingerprint density at radius 3 is 2.68 bits per heavy atom. The van der Waals surface area contributed by atoms with Crippen LogP contribution in [0.15, 0.2) is 35.1 Å². The van der Waals surface area contributed by atoms with Gasteiger partial charge in [-0.3, -0.25) is 14.1 Å². The molecule has 0 spiro atoms. The Hall–Kier alpha value is -2.05. The lowest BCUT2D eigenvalue weighted by Crippen LogP contribution is -2.28. The molecular formula is C22H26FN3OS. The van der Waals surface area contributed by atoms with Crippen molar-refractivity contribution in [2.45, 2.75) is 52.6 Å². The normalized spacial score (nSPS) is 14.2. The largest absolute Gasteiger partial charge is 0.293 e. The Morgan fingerprint density at radius 2 is 1.93 bits per heavy atom. The first-order valence-corrected chi connectivity index (χ1v) is 10.8. The smallest absolute Gasteiger partial charge is 0.259 e. The van der Waals surface area contributed by atoms with E-state index in [4.69, 9.17) is 4.98 Å². The molecule has 1 aliphatic rings. The molecule has 0 fully saturated rings. The van der Waals surface area contributed by atoms with Crippen molar-refractivity contribution < 1.29 is 4.39 Å². The first-order chi connectivity index (χ1) is 13.5. The van der Waals surface area contributed by atoms with Gasteiger partial charge in [-0.25, -0.2) is 9.37 Å². The highest BCUT2D eigenvalue weighted by molar-refractivity contribution is 7.17. The van der Waals surface area contributed by atoms with Crippen LogP contribution < -0.4 is 5.56 Å². The van der Waals surface area contributed by atoms with Crippen LogP contribution >= 0.6 is 11.3 Å². The third kappa shape index (κ3) is 4.18. The Morgan fingerprint density at radius 1 is 1.18 bits per heavy atom. The molecule has 0 unspecified atom stereocenters. The fourth-order valence-electron chi connectivity index (χ4n) is 4.00. The number of halogens is 1. The summed E-state index contributed by atoms with van der Waals surface area (Å²) in [6.07, 6.45) is 4.37. The molecule has 2 heterocycles. The van der Waals surface area contributed by atoms with Gasteiger partial charge in [-0.2, -0.15) is 0 Å². The van der Waals surface area contributed by atoms with Crippen LogP contribution in [0.5, 0.6) is 0 Å². The summed E-state index contributed by atoms with van der Waals surface area (Å²) in [6.45, 7) is 6.57. The zero-order valence-corrected chi connectivity index (χ0v) is 17.3. The Bertz CT molecular complexity index is 1020. The summed E-state index contributed by atoms with van der Waals surface area (Å²) in [7, 11) is 0. The molecular weight excluding hydrogens is 373 g/mol. The van der Waals surface area contributed by atoms with Crippen LogP contribution in [0.1, 0.15) is 48.5 Å². The zero-order chi connectivity index (χ0) is 19.7. The van der Waals surface area contributed by atoms with Crippen molar-refractivity contribution in [3.05, 3.63) is 68.3 Å². The van der Waals surface area contributed by atoms with E-state index >= 15 is 0 Å². The van der Waals surface area contributed by atoms with Gasteiger partial charge in [0.2, 0.25) is 0 Å². The van der Waals surface area contributed by atoms with E-state index in [0.717, 1.165) is 42.0 Å². The Kier molecular flexibility index (Phi) is 5.60. The number of hydrogen-bond acceptors (Lipinski definition) is 4. The fraction of sp³-hybridized carbons (Fsp3) is 0.455. The molecule has 3 aromatic rings. The topological polar surface area (TPSA) is 37.6 Å². The van der Waals surface area contributed by atoms with Crippen molar-refractivity contribution in [3.8, 4) is 0 Å². The maximum atomic E-state index is 13.2. The fourth-order valence-corrected chi connectivity index (χ4v) is 5.23. The van der Waals surface area contributed by atoms with Crippen LogP contribution in [0.4, 0.5) is 4.39 Å². The highest BCUT2D eigenvalue weighted by Gasteiger charge is 2.19. The molecule has 1 aliphatic carbocycles. The molecule has 0 N–H and O–H groups in total. The number of thiazole rings is 1. The second-order valence-electron chi connectivity index (χ2n) is 8.07. The van der Waals surface area contributed by atoms with Crippen LogP contribution in [0, 0.1) is 11.7 Å². The number of nitrogens with zero attached hydrogens (tertiary/aromatic N) is 3. The summed E-state index contributed by atoms with van der Waals surface area (Å²) < 4.78 is 15.0. The minimum Gasteiger partial charge on any atom is -0.293 e. The molecule has 0 saturated heterocycles. The molecule has 1 aromatic carbocycles. The minimum atomic E-state index is -0.221. The van der Waals surface area contributed by atoms with Crippen molar-refractivity contribution >= 4 is 16.3 Å². The predicted molar refractivity (Wildman–Crippen MR) is 111 cm³/mol. The van der Waals surface area contributed by atoms with Crippen LogP contribution in [-0.4, -0.2) is 20.8 Å². The summed E-state index contributed by atoms with van der Waals surface area (Å²) in [4.78, 5) is 22.0. The summed E-state index contributed by atoms with van der Waals surface area (Å²) in [5, 5.41) is 0. The second-order valence-corrected chi connectivity index (χ2v) is 9.13. The number of benzene rings is 1. The molecule has 148 valence electrons. The maximum absolute atomic E-state index is 13.2. The van der Waals surface area contributed by atoms with Crippen molar-refractivity contribution in [3.63, 3.8) is 0 Å². The van der Waals surface area contributed by atoms with Gasteiger partial charge < -0.3 is 0 Å². The van der Waals surface area contributed by atoms with Gasteiger partial charge >= 0.3 is 0 Å². The number of fused-ring (bicyclic) bond motifs is 3. The molecule has 0 amide bonds. The Balaban J connectivity index is 1.61. The van der Waals surface area contributed by atoms with E-state index in [1.54, 1.807) is 17.4 Å². The number of rotatable bonds is 6. The first-order valence-electron chi connectivity index (χ1n) is 9.99. The average Bonchev–Trinajstić information content (AvgIpc) is 3.01. The SMILES string of the molecule is CC(C)CN(Cc1ccc(F)cc1)Cc1cc(=O)n2c3c(sc2n1)CCCC3. The predicted octanol–water partition coefficient (Wildman–Crippen LogP) is 4.43. The van der Waals surface area contributed by atoms with Crippen molar-refractivity contribution in [1.82, 2.24) is 14.3 Å². The van der Waals surface area contributed by atoms with Gasteiger partial charge in [0.15, 0.2) is 4.96 Å². The van der Waals surface area contributed by atoms with Crippen molar-refractivity contribution in [1.29, 1.82) is 0 Å². The van der Waals surface area contributed by atoms with E-state index in [9.17, 15) is 9.18 Å². The lowest BCUT2D eigenvalue weighted by molar-refractivity contribution is 0.225. The summed E-state index contributed by atoms with van der Waals surface area (Å²) in [5.74, 6) is 0.264. The summed E-state index contributed by atoms with van der Waals surface area (Å²) in [6, 6.07) is 8.32. The highest BCUT2D eigenvalue weighted by atomic mass is 32.1. The minimum absolute atomic E-state index is 0.0330. The maximum Gasteiger partial charge on any atom is 0.259 e. The number of aromatic nitrogens is 2. The third-order valence-electron chi connectivity index (χ3n) is 5.14. The van der Waals surface area contributed by atoms with E-state index < -0.39 is 0 Å². The number of aryl methyl sites for hydroxylation is 2. The molecule has 0 atom stereocenters. The van der Waals surface area contributed by atoms with Crippen LogP contribution in [-0.2, 0) is 25.9 Å². The second kappa shape index (κ2) is 8.13. The molecule has 4 rings (SSSR count). The van der Waals surface area contributed by atoms with Crippen LogP contribution in [0.3, 0.4) is 0 Å². The molecule has 0 saturated carbocycles. The van der Waals surface area contributed by atoms with E-state index in [1.807, 2.05) is 16.5 Å². The Labute approximate surface area is 168 Å². The zero-order valence-electron chi connectivity index (χ0n) is 16.4. The third-order valence-corrected chi connectivity index (χ3v) is 6.29. The number of hydrogen-bond donors (Lipinski definition) is 0. The molecule has 6 heteroatoms. The lowest BCUT2D eigenvalue weighted by Gasteiger charge is -2.24. The van der Waals surface area contributed by atoms with Crippen molar-refractivity contribution in [2.24, 2.45) is 5.92 Å². The molecule has 4 nitrogen and oxygen atoms in total. The van der Waals surface area contributed by atoms with Crippen LogP contribution in [0.25, 0.3) is 4.96 Å². The molecule has 0 aliphatic heterocycles. The van der Waals surface area contributed by atoms with Gasteiger partial charge in [0.25, 0.3) is 5.56 Å². The van der Waals surface area contributed by atoms with Gasteiger partial charge in [-0.05, 0) is 49.3 Å². The molecule has 0 radical (unpaired) electrons. The van der Waals surface area contributed by atoms with Crippen LogP contribution in [0.2, 0.25) is 0 Å². The summed E-state index contributed by atoms with van der Waals surface area (Å²) >= 11 is 1.67. The highest BCUT2D eigenvalue weighted by Crippen LogP contribution is 2.28. The first kappa shape index (κ1) is 19.3. The van der Waals surface area contributed by atoms with Crippen molar-refractivity contribution in [2.75, 3.05) is 6.54 Å². The van der Waals surface area contributed by atoms with Gasteiger partial charge in [-0.1, -0.05) is 26.0 Å². The van der Waals surface area contributed by atoms with Gasteiger partial charge in [0, 0.05) is 36.3 Å². The average molecular weight is 400 g/mol. The van der Waals surface area contributed by atoms with Gasteiger partial charge in [0.1, 0.15) is 5.82 Å². The molecule has 2 aromatic heterocycles. The van der Waals surface area contributed by atoms with E-state index in [2.05, 4.69) is 18.7 Å². The van der Waals surface area contributed by atoms with Gasteiger partial charge in [-0.15, -0.1) is 11.3 Å². The summed E-state index contributed by atoms with van der Waals surface area (Å²) in [5.41, 5.74) is 3.07. The van der Waals surface area contributed by atoms with E-state index in [-0.39, 0.29) is 11.4 Å². The molecule has 0 bridgehead atoms. The monoisotopic (exact) mass is 399 g/mol. The van der Waals surface area contributed by atoms with Gasteiger partial charge in [0.05, 0.1) is 5.69 Å². The lowest BCUT2D eigenvalue weighted by atomic mass is 10.0. The van der Waals surface area contributed by atoms with E-state index in [1.165, 1.54) is 29.1 Å².